The van der Waals surface area contributed by atoms with E-state index >= 15 is 0 Å². The summed E-state index contributed by atoms with van der Waals surface area (Å²) >= 11 is 0. The van der Waals surface area contributed by atoms with Gasteiger partial charge < -0.3 is 14.6 Å². The van der Waals surface area contributed by atoms with Crippen molar-refractivity contribution >= 4 is 5.97 Å². The van der Waals surface area contributed by atoms with Crippen LogP contribution < -0.4 is 0 Å². The molecule has 1 fully saturated rings. The zero-order valence-electron chi connectivity index (χ0n) is 15.4. The molecule has 0 saturated carbocycles. The van der Waals surface area contributed by atoms with Gasteiger partial charge in [-0.25, -0.2) is 0 Å². The number of hydrogen-bond acceptors (Lipinski definition) is 4. The summed E-state index contributed by atoms with van der Waals surface area (Å²) in [5.41, 5.74) is -7.16. The highest BCUT2D eigenvalue weighted by molar-refractivity contribution is 5.76. The maximum atomic E-state index is 14.4. The van der Waals surface area contributed by atoms with E-state index in [0.29, 0.717) is 0 Å². The number of carbonyl (C=O) groups is 1. The van der Waals surface area contributed by atoms with Gasteiger partial charge in [-0.05, 0) is 26.7 Å². The Hall–Kier alpha value is -1.31. The molecule has 3 unspecified atom stereocenters. The molecule has 0 bridgehead atoms. The first-order valence-electron chi connectivity index (χ1n) is 8.12. The van der Waals surface area contributed by atoms with E-state index in [-0.39, 0.29) is 13.3 Å². The monoisotopic (exact) mass is 452 g/mol. The Balaban J connectivity index is 3.90. The molecular formula is C15H18F10O4. The van der Waals surface area contributed by atoms with Gasteiger partial charge in [0.05, 0.1) is 5.41 Å². The van der Waals surface area contributed by atoms with Gasteiger partial charge in [0.25, 0.3) is 0 Å². The molecule has 0 aromatic carbocycles. The molecule has 1 rings (SSSR count). The highest BCUT2D eigenvalue weighted by Gasteiger charge is 2.92. The van der Waals surface area contributed by atoms with Crippen LogP contribution in [0.25, 0.3) is 0 Å². The number of rotatable bonds is 4. The molecule has 0 radical (unpaired) electrons. The van der Waals surface area contributed by atoms with E-state index in [9.17, 15) is 53.8 Å². The third-order valence-corrected chi connectivity index (χ3v) is 4.98. The lowest BCUT2D eigenvalue weighted by atomic mass is 9.78. The van der Waals surface area contributed by atoms with Crippen LogP contribution >= 0.6 is 0 Å². The second kappa shape index (κ2) is 6.86. The molecule has 4 nitrogen and oxygen atoms in total. The molecule has 0 spiro atoms. The quantitative estimate of drug-likeness (QED) is 0.501. The number of hydrogen-bond donors (Lipinski definition) is 1. The van der Waals surface area contributed by atoms with Gasteiger partial charge in [0.1, 0.15) is 0 Å². The summed E-state index contributed by atoms with van der Waals surface area (Å²) in [5.74, 6) is -20.0. The molecule has 1 heterocycles. The Morgan fingerprint density at radius 2 is 1.41 bits per heavy atom. The van der Waals surface area contributed by atoms with Crippen molar-refractivity contribution in [3.63, 3.8) is 0 Å². The molecule has 0 aliphatic carbocycles. The molecular weight excluding hydrogens is 434 g/mol. The van der Waals surface area contributed by atoms with Gasteiger partial charge in [-0.3, -0.25) is 4.79 Å². The Morgan fingerprint density at radius 3 is 1.72 bits per heavy atom. The highest BCUT2D eigenvalue weighted by atomic mass is 19.4. The van der Waals surface area contributed by atoms with Crippen molar-refractivity contribution in [2.24, 2.45) is 5.41 Å². The van der Waals surface area contributed by atoms with Gasteiger partial charge in [0.2, 0.25) is 5.60 Å². The number of esters is 1. The third kappa shape index (κ3) is 3.35. The van der Waals surface area contributed by atoms with Crippen LogP contribution in [-0.2, 0) is 14.3 Å². The molecule has 1 aliphatic rings. The lowest BCUT2D eigenvalue weighted by molar-refractivity contribution is -0.539. The summed E-state index contributed by atoms with van der Waals surface area (Å²) < 4.78 is 145. The van der Waals surface area contributed by atoms with Gasteiger partial charge in [-0.15, -0.1) is 0 Å². The number of aliphatic hydroxyl groups is 1. The van der Waals surface area contributed by atoms with Crippen LogP contribution in [0.4, 0.5) is 43.9 Å². The topological polar surface area (TPSA) is 55.8 Å². The third-order valence-electron chi connectivity index (χ3n) is 4.98. The van der Waals surface area contributed by atoms with Crippen LogP contribution in [0.1, 0.15) is 40.5 Å². The largest absolute Gasteiger partial charge is 0.462 e. The van der Waals surface area contributed by atoms with Crippen molar-refractivity contribution < 1.29 is 63.3 Å². The predicted molar refractivity (Wildman–Crippen MR) is 75.0 cm³/mol. The molecule has 0 amide bonds. The Bertz CT molecular complexity index is 642. The van der Waals surface area contributed by atoms with E-state index < -0.39 is 59.5 Å². The van der Waals surface area contributed by atoms with Gasteiger partial charge in [0.15, 0.2) is 6.10 Å². The summed E-state index contributed by atoms with van der Waals surface area (Å²) in [7, 11) is 0. The van der Waals surface area contributed by atoms with E-state index in [1.807, 2.05) is 0 Å². The van der Waals surface area contributed by atoms with Crippen molar-refractivity contribution in [2.75, 3.05) is 0 Å². The van der Waals surface area contributed by atoms with Crippen LogP contribution in [0.2, 0.25) is 0 Å². The lowest BCUT2D eigenvalue weighted by Gasteiger charge is -2.55. The summed E-state index contributed by atoms with van der Waals surface area (Å²) in [4.78, 5) is 12.0. The fraction of sp³-hybridized carbons (Fsp3) is 0.933. The van der Waals surface area contributed by atoms with E-state index in [1.54, 1.807) is 0 Å². The zero-order valence-corrected chi connectivity index (χ0v) is 15.4. The lowest BCUT2D eigenvalue weighted by Crippen LogP contribution is -2.83. The first-order chi connectivity index (χ1) is 12.6. The molecule has 172 valence electrons. The predicted octanol–water partition coefficient (Wildman–Crippen LogP) is 4.60. The van der Waals surface area contributed by atoms with Crippen molar-refractivity contribution in [1.29, 1.82) is 0 Å². The summed E-state index contributed by atoms with van der Waals surface area (Å²) in [6.07, 6.45) is -20.2. The van der Waals surface area contributed by atoms with Gasteiger partial charge in [0, 0.05) is 0 Å². The number of aliphatic hydroxyl groups excluding tert-OH is 1. The first-order valence-corrected chi connectivity index (χ1v) is 8.12. The van der Waals surface area contributed by atoms with E-state index in [4.69, 9.17) is 0 Å². The maximum absolute atomic E-state index is 14.4. The number of halogens is 10. The van der Waals surface area contributed by atoms with Crippen LogP contribution in [0.3, 0.4) is 0 Å². The minimum atomic E-state index is -6.64. The Kier molecular flexibility index (Phi) is 6.08. The van der Waals surface area contributed by atoms with Gasteiger partial charge in [-0.1, -0.05) is 13.8 Å². The molecule has 1 saturated heterocycles. The fourth-order valence-electron chi connectivity index (χ4n) is 2.57. The smallest absolute Gasteiger partial charge is 0.417 e. The number of alkyl halides is 10. The molecule has 14 heteroatoms. The van der Waals surface area contributed by atoms with Crippen LogP contribution in [-0.4, -0.2) is 52.8 Å². The van der Waals surface area contributed by atoms with Gasteiger partial charge >= 0.3 is 36.0 Å². The van der Waals surface area contributed by atoms with Crippen LogP contribution in [0.15, 0.2) is 0 Å². The van der Waals surface area contributed by atoms with Crippen molar-refractivity contribution in [1.82, 2.24) is 0 Å². The molecule has 3 atom stereocenters. The second-order valence-corrected chi connectivity index (χ2v) is 7.17. The zero-order chi connectivity index (χ0) is 23.5. The fourth-order valence-corrected chi connectivity index (χ4v) is 2.57. The van der Waals surface area contributed by atoms with Crippen molar-refractivity contribution in [2.45, 2.75) is 82.2 Å². The summed E-state index contributed by atoms with van der Waals surface area (Å²) in [5, 5.41) is 9.30. The molecule has 0 aromatic heterocycles. The normalized spacial score (nSPS) is 32.7. The van der Waals surface area contributed by atoms with E-state index in [2.05, 4.69) is 9.47 Å². The standard InChI is InChI=1S/C15H18F10O4/c1-5-9(3,4)8(27)28-13(15(23,24)25)12(18,19)7(26)11(16,17)10(6-2,29-13)14(20,21)22/h7,26H,5-6H2,1-4H3. The first kappa shape index (κ1) is 25.7. The van der Waals surface area contributed by atoms with Crippen molar-refractivity contribution in [3.8, 4) is 0 Å². The Labute approximate surface area is 158 Å². The second-order valence-electron chi connectivity index (χ2n) is 7.17. The minimum absolute atomic E-state index is 0.288. The highest BCUT2D eigenvalue weighted by Crippen LogP contribution is 2.63. The Morgan fingerprint density at radius 1 is 0.966 bits per heavy atom. The summed E-state index contributed by atoms with van der Waals surface area (Å²) in [6, 6.07) is 0. The summed E-state index contributed by atoms with van der Waals surface area (Å²) in [6.45, 7) is 3.34. The number of ether oxygens (including phenoxy) is 2. The van der Waals surface area contributed by atoms with E-state index in [0.717, 1.165) is 13.8 Å². The maximum Gasteiger partial charge on any atom is 0.462 e. The molecule has 1 N–H and O–H groups in total. The van der Waals surface area contributed by atoms with Crippen molar-refractivity contribution in [3.05, 3.63) is 0 Å². The van der Waals surface area contributed by atoms with Gasteiger partial charge in [-0.2, -0.15) is 43.9 Å². The molecule has 1 aliphatic heterocycles. The minimum Gasteiger partial charge on any atom is -0.417 e. The molecule has 29 heavy (non-hydrogen) atoms. The molecule has 0 aromatic rings. The average molecular weight is 452 g/mol. The average Bonchev–Trinajstić information content (AvgIpc) is 2.53. The van der Waals surface area contributed by atoms with E-state index in [1.165, 1.54) is 6.92 Å². The van der Waals surface area contributed by atoms with Crippen LogP contribution in [0, 0.1) is 5.41 Å². The number of carbonyl (C=O) groups excluding carboxylic acids is 1. The van der Waals surface area contributed by atoms with Crippen LogP contribution in [0.5, 0.6) is 0 Å². The SMILES string of the molecule is CCC(C)(C)C(=O)OC1(C(F)(F)F)OC(CC)(C(F)(F)F)C(F)(F)C(O)C1(F)F.